The fraction of sp³-hybridized carbons (Fsp3) is 0.300. The molecule has 0 atom stereocenters. The zero-order valence-electron chi connectivity index (χ0n) is 14.6. The number of carbonyl (C=O) groups excluding carboxylic acids is 1. The number of hydrogen-bond acceptors (Lipinski definition) is 5. The van der Waals surface area contributed by atoms with Crippen LogP contribution in [-0.2, 0) is 33.8 Å². The van der Waals surface area contributed by atoms with Crippen molar-refractivity contribution in [1.29, 1.82) is 0 Å². The lowest BCUT2D eigenvalue weighted by atomic mass is 10.1. The molecule has 0 radical (unpaired) electrons. The minimum absolute atomic E-state index is 0.0960. The zero-order chi connectivity index (χ0) is 17.9. The van der Waals surface area contributed by atoms with E-state index in [1.165, 1.54) is 7.11 Å². The van der Waals surface area contributed by atoms with Crippen LogP contribution in [0.25, 0.3) is 0 Å². The second-order valence-electron chi connectivity index (χ2n) is 5.41. The van der Waals surface area contributed by atoms with Crippen LogP contribution in [0.5, 0.6) is 5.75 Å². The van der Waals surface area contributed by atoms with E-state index in [4.69, 9.17) is 9.57 Å². The van der Waals surface area contributed by atoms with Crippen LogP contribution in [0, 0.1) is 0 Å². The van der Waals surface area contributed by atoms with Gasteiger partial charge in [0.2, 0.25) is 0 Å². The number of oxime groups is 1. The average Bonchev–Trinajstić information content (AvgIpc) is 2.66. The number of carbonyl (C=O) groups is 1. The van der Waals surface area contributed by atoms with Crippen LogP contribution >= 0.6 is 0 Å². The third-order valence-corrected chi connectivity index (χ3v) is 3.64. The van der Waals surface area contributed by atoms with E-state index in [0.29, 0.717) is 18.8 Å². The van der Waals surface area contributed by atoms with Gasteiger partial charge in [-0.25, -0.2) is 4.79 Å². The number of hydrogen-bond donors (Lipinski definition) is 0. The number of ether oxygens (including phenoxy) is 2. The Morgan fingerprint density at radius 3 is 2.64 bits per heavy atom. The van der Waals surface area contributed by atoms with Crippen LogP contribution in [0.3, 0.4) is 0 Å². The highest BCUT2D eigenvalue weighted by Gasteiger charge is 2.07. The minimum atomic E-state index is -0.400. The largest absolute Gasteiger partial charge is 0.482 e. The molecule has 0 aromatic heterocycles. The van der Waals surface area contributed by atoms with Gasteiger partial charge in [0.05, 0.1) is 7.11 Å². The Hall–Kier alpha value is -2.82. The summed E-state index contributed by atoms with van der Waals surface area (Å²) < 4.78 is 10.2. The maximum absolute atomic E-state index is 11.2. The predicted molar refractivity (Wildman–Crippen MR) is 96.8 cm³/mol. The van der Waals surface area contributed by atoms with E-state index in [1.807, 2.05) is 55.5 Å². The van der Waals surface area contributed by atoms with Crippen LogP contribution in [0.2, 0.25) is 0 Å². The van der Waals surface area contributed by atoms with Gasteiger partial charge in [-0.2, -0.15) is 0 Å². The van der Waals surface area contributed by atoms with Crippen molar-refractivity contribution in [3.05, 3.63) is 65.2 Å². The highest BCUT2D eigenvalue weighted by molar-refractivity contribution is 5.71. The minimum Gasteiger partial charge on any atom is -0.482 e. The molecule has 0 heterocycles. The molecule has 5 heteroatoms. The fourth-order valence-electron chi connectivity index (χ4n) is 2.23. The molecule has 2 rings (SSSR count). The molecule has 132 valence electrons. The summed E-state index contributed by atoms with van der Waals surface area (Å²) in [5.41, 5.74) is 3.15. The lowest BCUT2D eigenvalue weighted by Crippen LogP contribution is -2.13. The standard InChI is InChI=1S/C20H23NO4/c1-3-18-10-9-16(13-19(18)24-15-20(22)23-2)11-12-21-25-14-17-7-5-4-6-8-17/h4-10,12-13H,3,11,14-15H2,1-2H3. The topological polar surface area (TPSA) is 57.1 Å². The predicted octanol–water partition coefficient (Wildman–Crippen LogP) is 3.55. The molecule has 0 aliphatic carbocycles. The van der Waals surface area contributed by atoms with Gasteiger partial charge in [0, 0.05) is 12.6 Å². The van der Waals surface area contributed by atoms with E-state index < -0.39 is 5.97 Å². The number of nitrogens with zero attached hydrogens (tertiary/aromatic N) is 1. The van der Waals surface area contributed by atoms with Gasteiger partial charge in [-0.1, -0.05) is 54.5 Å². The third kappa shape index (κ3) is 6.30. The Morgan fingerprint density at radius 1 is 1.12 bits per heavy atom. The first-order valence-electron chi connectivity index (χ1n) is 8.22. The molecule has 0 bridgehead atoms. The van der Waals surface area contributed by atoms with Crippen LogP contribution in [0.1, 0.15) is 23.6 Å². The maximum atomic E-state index is 11.2. The number of esters is 1. The van der Waals surface area contributed by atoms with Crippen molar-refractivity contribution in [3.8, 4) is 5.75 Å². The van der Waals surface area contributed by atoms with Crippen LogP contribution < -0.4 is 4.74 Å². The first-order valence-corrected chi connectivity index (χ1v) is 8.22. The molecule has 5 nitrogen and oxygen atoms in total. The molecule has 0 saturated carbocycles. The van der Waals surface area contributed by atoms with Gasteiger partial charge in [-0.15, -0.1) is 0 Å². The number of aryl methyl sites for hydroxylation is 1. The Labute approximate surface area is 148 Å². The van der Waals surface area contributed by atoms with E-state index in [-0.39, 0.29) is 6.61 Å². The van der Waals surface area contributed by atoms with E-state index in [9.17, 15) is 4.79 Å². The molecular weight excluding hydrogens is 318 g/mol. The average molecular weight is 341 g/mol. The molecule has 0 aliphatic heterocycles. The van der Waals surface area contributed by atoms with Gasteiger partial charge < -0.3 is 14.3 Å². The number of benzene rings is 2. The summed E-state index contributed by atoms with van der Waals surface area (Å²) in [7, 11) is 1.34. The Morgan fingerprint density at radius 2 is 1.92 bits per heavy atom. The second kappa shape index (κ2) is 10.1. The quantitative estimate of drug-likeness (QED) is 0.398. The smallest absolute Gasteiger partial charge is 0.343 e. The monoisotopic (exact) mass is 341 g/mol. The molecule has 0 saturated heterocycles. The van der Waals surface area contributed by atoms with E-state index in [2.05, 4.69) is 9.89 Å². The second-order valence-corrected chi connectivity index (χ2v) is 5.41. The van der Waals surface area contributed by atoms with Crippen molar-refractivity contribution in [3.63, 3.8) is 0 Å². The summed E-state index contributed by atoms with van der Waals surface area (Å²) in [5, 5.41) is 3.98. The molecular formula is C20H23NO4. The van der Waals surface area contributed by atoms with Gasteiger partial charge in [-0.05, 0) is 29.2 Å². The van der Waals surface area contributed by atoms with Crippen molar-refractivity contribution in [2.75, 3.05) is 13.7 Å². The molecule has 0 N–H and O–H groups in total. The van der Waals surface area contributed by atoms with Gasteiger partial charge in [0.1, 0.15) is 12.4 Å². The van der Waals surface area contributed by atoms with E-state index in [1.54, 1.807) is 6.21 Å². The summed E-state index contributed by atoms with van der Waals surface area (Å²) in [6.45, 7) is 2.39. The van der Waals surface area contributed by atoms with Crippen molar-refractivity contribution >= 4 is 12.2 Å². The highest BCUT2D eigenvalue weighted by atomic mass is 16.6. The summed E-state index contributed by atoms with van der Waals surface area (Å²) in [6, 6.07) is 15.8. The molecule has 0 amide bonds. The van der Waals surface area contributed by atoms with Crippen LogP contribution in [0.15, 0.2) is 53.7 Å². The summed E-state index contributed by atoms with van der Waals surface area (Å²) in [6.07, 6.45) is 3.16. The Kier molecular flexibility index (Phi) is 7.50. The van der Waals surface area contributed by atoms with Crippen molar-refractivity contribution < 1.29 is 19.1 Å². The van der Waals surface area contributed by atoms with Crippen LogP contribution in [-0.4, -0.2) is 25.9 Å². The summed E-state index contributed by atoms with van der Waals surface area (Å²) in [5.74, 6) is 0.298. The van der Waals surface area contributed by atoms with E-state index >= 15 is 0 Å². The molecule has 0 unspecified atom stereocenters. The maximum Gasteiger partial charge on any atom is 0.343 e. The first-order chi connectivity index (χ1) is 12.2. The van der Waals surface area contributed by atoms with Crippen molar-refractivity contribution in [2.45, 2.75) is 26.4 Å². The molecule has 0 spiro atoms. The molecule has 2 aromatic carbocycles. The number of methoxy groups -OCH3 is 1. The SMILES string of the molecule is CCc1ccc(CC=NOCc2ccccc2)cc1OCC(=O)OC. The molecule has 25 heavy (non-hydrogen) atoms. The van der Waals surface area contributed by atoms with Gasteiger partial charge in [0.25, 0.3) is 0 Å². The third-order valence-electron chi connectivity index (χ3n) is 3.64. The van der Waals surface area contributed by atoms with Crippen LogP contribution in [0.4, 0.5) is 0 Å². The van der Waals surface area contributed by atoms with Crippen molar-refractivity contribution in [1.82, 2.24) is 0 Å². The fourth-order valence-corrected chi connectivity index (χ4v) is 2.23. The van der Waals surface area contributed by atoms with Gasteiger partial charge in [-0.3, -0.25) is 0 Å². The Bertz CT molecular complexity index is 698. The summed E-state index contributed by atoms with van der Waals surface area (Å²) in [4.78, 5) is 16.5. The normalized spacial score (nSPS) is 10.6. The van der Waals surface area contributed by atoms with Crippen molar-refractivity contribution in [2.24, 2.45) is 5.16 Å². The molecule has 0 aliphatic rings. The van der Waals surface area contributed by atoms with E-state index in [0.717, 1.165) is 23.1 Å². The zero-order valence-corrected chi connectivity index (χ0v) is 14.6. The lowest BCUT2D eigenvalue weighted by Gasteiger charge is -2.11. The highest BCUT2D eigenvalue weighted by Crippen LogP contribution is 2.21. The Balaban J connectivity index is 1.88. The van der Waals surface area contributed by atoms with Gasteiger partial charge in [0.15, 0.2) is 6.61 Å². The van der Waals surface area contributed by atoms with Gasteiger partial charge >= 0.3 is 5.97 Å². The molecule has 0 fully saturated rings. The summed E-state index contributed by atoms with van der Waals surface area (Å²) >= 11 is 0. The lowest BCUT2D eigenvalue weighted by molar-refractivity contribution is -0.142. The molecule has 2 aromatic rings. The first kappa shape index (κ1) is 18.5. The number of rotatable bonds is 9.